The van der Waals surface area contributed by atoms with Crippen molar-refractivity contribution in [1.29, 1.82) is 0 Å². The average Bonchev–Trinajstić information content (AvgIpc) is 2.46. The molecule has 3 rings (SSSR count). The van der Waals surface area contributed by atoms with E-state index in [4.69, 9.17) is 17.3 Å². The predicted octanol–water partition coefficient (Wildman–Crippen LogP) is 4.89. The molecule has 2 N–H and O–H groups in total. The predicted molar refractivity (Wildman–Crippen MR) is 86.7 cm³/mol. The highest BCUT2D eigenvalue weighted by molar-refractivity contribution is 6.33. The summed E-state index contributed by atoms with van der Waals surface area (Å²) in [5.41, 5.74) is 8.67. The summed E-state index contributed by atoms with van der Waals surface area (Å²) >= 11 is 6.32. The summed E-state index contributed by atoms with van der Waals surface area (Å²) in [6, 6.07) is 8.89. The fourth-order valence-electron chi connectivity index (χ4n) is 2.97. The van der Waals surface area contributed by atoms with Crippen molar-refractivity contribution in [2.24, 2.45) is 0 Å². The van der Waals surface area contributed by atoms with Crippen LogP contribution in [0.1, 0.15) is 23.1 Å². The SMILES string of the molecule is Nc1cc(Cl)c2c(c1)CCCN2Cc1ccc(C(F)(F)F)cc1. The van der Waals surface area contributed by atoms with Crippen LogP contribution in [0.25, 0.3) is 0 Å². The summed E-state index contributed by atoms with van der Waals surface area (Å²) in [5, 5.41) is 0.589. The van der Waals surface area contributed by atoms with Crippen molar-refractivity contribution < 1.29 is 13.2 Å². The molecule has 1 heterocycles. The molecule has 2 aromatic rings. The maximum atomic E-state index is 12.6. The van der Waals surface area contributed by atoms with Gasteiger partial charge in [-0.1, -0.05) is 23.7 Å². The van der Waals surface area contributed by atoms with Crippen LogP contribution < -0.4 is 10.6 Å². The molecule has 1 aliphatic heterocycles. The summed E-state index contributed by atoms with van der Waals surface area (Å²) < 4.78 is 37.9. The van der Waals surface area contributed by atoms with Gasteiger partial charge in [0.05, 0.1) is 16.3 Å². The molecule has 0 saturated heterocycles. The van der Waals surface area contributed by atoms with Crippen molar-refractivity contribution in [3.05, 3.63) is 58.1 Å². The van der Waals surface area contributed by atoms with Gasteiger partial charge in [-0.05, 0) is 48.2 Å². The molecule has 0 saturated carbocycles. The summed E-state index contributed by atoms with van der Waals surface area (Å²) in [6.45, 7) is 1.34. The first-order chi connectivity index (χ1) is 10.8. The first-order valence-electron chi connectivity index (χ1n) is 7.33. The van der Waals surface area contributed by atoms with E-state index in [1.54, 1.807) is 6.07 Å². The summed E-state index contributed by atoms with van der Waals surface area (Å²) in [7, 11) is 0. The van der Waals surface area contributed by atoms with E-state index in [2.05, 4.69) is 4.90 Å². The number of nitrogens with zero attached hydrogens (tertiary/aromatic N) is 1. The Kier molecular flexibility index (Phi) is 4.15. The van der Waals surface area contributed by atoms with Gasteiger partial charge in [0, 0.05) is 18.8 Å². The Morgan fingerprint density at radius 2 is 1.83 bits per heavy atom. The van der Waals surface area contributed by atoms with Crippen LogP contribution >= 0.6 is 11.6 Å². The van der Waals surface area contributed by atoms with Gasteiger partial charge in [0.2, 0.25) is 0 Å². The Morgan fingerprint density at radius 3 is 2.48 bits per heavy atom. The lowest BCUT2D eigenvalue weighted by atomic mass is 10.00. The maximum Gasteiger partial charge on any atom is 0.416 e. The Morgan fingerprint density at radius 1 is 1.13 bits per heavy atom. The van der Waals surface area contributed by atoms with E-state index < -0.39 is 11.7 Å². The Labute approximate surface area is 137 Å². The third kappa shape index (κ3) is 3.39. The highest BCUT2D eigenvalue weighted by atomic mass is 35.5. The van der Waals surface area contributed by atoms with Crippen molar-refractivity contribution >= 4 is 23.0 Å². The van der Waals surface area contributed by atoms with E-state index in [9.17, 15) is 13.2 Å². The minimum absolute atomic E-state index is 0.523. The van der Waals surface area contributed by atoms with Gasteiger partial charge in [-0.2, -0.15) is 13.2 Å². The molecule has 0 aromatic heterocycles. The number of halogens is 4. The molecule has 0 radical (unpaired) electrons. The first kappa shape index (κ1) is 16.0. The highest BCUT2D eigenvalue weighted by Crippen LogP contribution is 2.37. The molecule has 2 nitrogen and oxygen atoms in total. The molecule has 23 heavy (non-hydrogen) atoms. The summed E-state index contributed by atoms with van der Waals surface area (Å²) in [4.78, 5) is 2.10. The third-order valence-corrected chi connectivity index (χ3v) is 4.30. The lowest BCUT2D eigenvalue weighted by Gasteiger charge is -2.32. The van der Waals surface area contributed by atoms with Gasteiger partial charge in [0.25, 0.3) is 0 Å². The zero-order valence-corrected chi connectivity index (χ0v) is 13.1. The molecular formula is C17H16ClF3N2. The second kappa shape index (κ2) is 5.96. The van der Waals surface area contributed by atoms with Crippen LogP contribution in [-0.4, -0.2) is 6.54 Å². The van der Waals surface area contributed by atoms with Crippen molar-refractivity contribution in [1.82, 2.24) is 0 Å². The van der Waals surface area contributed by atoms with E-state index in [0.29, 0.717) is 17.3 Å². The molecule has 0 atom stereocenters. The lowest BCUT2D eigenvalue weighted by molar-refractivity contribution is -0.137. The second-order valence-electron chi connectivity index (χ2n) is 5.73. The Balaban J connectivity index is 1.85. The minimum atomic E-state index is -4.31. The van der Waals surface area contributed by atoms with Crippen LogP contribution in [0.2, 0.25) is 5.02 Å². The number of rotatable bonds is 2. The van der Waals surface area contributed by atoms with Crippen LogP contribution in [0.5, 0.6) is 0 Å². The van der Waals surface area contributed by atoms with Crippen LogP contribution in [0.15, 0.2) is 36.4 Å². The molecule has 0 aliphatic carbocycles. The molecule has 1 aliphatic rings. The van der Waals surface area contributed by atoms with Crippen molar-refractivity contribution in [3.63, 3.8) is 0 Å². The average molecular weight is 341 g/mol. The summed E-state index contributed by atoms with van der Waals surface area (Å²) in [6.07, 6.45) is -2.44. The van der Waals surface area contributed by atoms with Gasteiger partial charge >= 0.3 is 6.18 Å². The number of nitrogens with two attached hydrogens (primary N) is 1. The normalized spacial score (nSPS) is 14.7. The van der Waals surface area contributed by atoms with Gasteiger partial charge in [-0.3, -0.25) is 0 Å². The third-order valence-electron chi connectivity index (χ3n) is 4.01. The standard InChI is InChI=1S/C17H16ClF3N2/c18-15-9-14(22)8-12-2-1-7-23(16(12)15)10-11-3-5-13(6-4-11)17(19,20)21/h3-6,8-9H,1-2,7,10,22H2. The van der Waals surface area contributed by atoms with E-state index in [-0.39, 0.29) is 0 Å². The van der Waals surface area contributed by atoms with Gasteiger partial charge < -0.3 is 10.6 Å². The van der Waals surface area contributed by atoms with E-state index >= 15 is 0 Å². The van der Waals surface area contributed by atoms with Crippen LogP contribution in [-0.2, 0) is 19.1 Å². The van der Waals surface area contributed by atoms with E-state index in [0.717, 1.165) is 48.3 Å². The second-order valence-corrected chi connectivity index (χ2v) is 6.14. The number of aryl methyl sites for hydroxylation is 1. The van der Waals surface area contributed by atoms with Gasteiger partial charge in [-0.15, -0.1) is 0 Å². The van der Waals surface area contributed by atoms with Crippen LogP contribution in [0.3, 0.4) is 0 Å². The van der Waals surface area contributed by atoms with Gasteiger partial charge in [-0.25, -0.2) is 0 Å². The highest BCUT2D eigenvalue weighted by Gasteiger charge is 2.30. The number of fused-ring (bicyclic) bond motifs is 1. The smallest absolute Gasteiger partial charge is 0.399 e. The van der Waals surface area contributed by atoms with Crippen molar-refractivity contribution in [3.8, 4) is 0 Å². The molecular weight excluding hydrogens is 325 g/mol. The fourth-order valence-corrected chi connectivity index (χ4v) is 3.34. The number of benzene rings is 2. The number of nitrogen functional groups attached to an aromatic ring is 1. The zero-order chi connectivity index (χ0) is 16.6. The molecule has 0 spiro atoms. The monoisotopic (exact) mass is 340 g/mol. The molecule has 0 amide bonds. The Hall–Kier alpha value is -1.88. The number of alkyl halides is 3. The van der Waals surface area contributed by atoms with Crippen molar-refractivity contribution in [2.45, 2.75) is 25.6 Å². The lowest BCUT2D eigenvalue weighted by Crippen LogP contribution is -2.29. The minimum Gasteiger partial charge on any atom is -0.399 e. The molecule has 0 fully saturated rings. The molecule has 6 heteroatoms. The fraction of sp³-hybridized carbons (Fsp3) is 0.294. The van der Waals surface area contributed by atoms with Crippen molar-refractivity contribution in [2.75, 3.05) is 17.2 Å². The van der Waals surface area contributed by atoms with E-state index in [1.807, 2.05) is 6.07 Å². The molecule has 2 aromatic carbocycles. The quantitative estimate of drug-likeness (QED) is 0.788. The summed E-state index contributed by atoms with van der Waals surface area (Å²) in [5.74, 6) is 0. The first-order valence-corrected chi connectivity index (χ1v) is 7.71. The molecule has 0 bridgehead atoms. The number of hydrogen-bond donors (Lipinski definition) is 1. The maximum absolute atomic E-state index is 12.6. The Bertz CT molecular complexity index is 711. The number of anilines is 2. The molecule has 0 unspecified atom stereocenters. The van der Waals surface area contributed by atoms with Crippen LogP contribution in [0.4, 0.5) is 24.5 Å². The molecule has 122 valence electrons. The van der Waals surface area contributed by atoms with Gasteiger partial charge in [0.1, 0.15) is 0 Å². The topological polar surface area (TPSA) is 29.3 Å². The van der Waals surface area contributed by atoms with Gasteiger partial charge in [0.15, 0.2) is 0 Å². The zero-order valence-electron chi connectivity index (χ0n) is 12.3. The number of hydrogen-bond acceptors (Lipinski definition) is 2. The van der Waals surface area contributed by atoms with Crippen LogP contribution in [0, 0.1) is 0 Å². The van der Waals surface area contributed by atoms with E-state index in [1.165, 1.54) is 12.1 Å². The largest absolute Gasteiger partial charge is 0.416 e.